The van der Waals surface area contributed by atoms with E-state index in [-0.39, 0.29) is 18.4 Å². The highest BCUT2D eigenvalue weighted by atomic mass is 16.3. The van der Waals surface area contributed by atoms with Gasteiger partial charge in [0.25, 0.3) is 11.8 Å². The van der Waals surface area contributed by atoms with E-state index in [2.05, 4.69) is 4.98 Å². The summed E-state index contributed by atoms with van der Waals surface area (Å²) in [6, 6.07) is 1.53. The highest BCUT2D eigenvalue weighted by molar-refractivity contribution is 6.21. The fourth-order valence-corrected chi connectivity index (χ4v) is 2.13. The molecule has 0 saturated heterocycles. The van der Waals surface area contributed by atoms with E-state index in [1.54, 1.807) is 0 Å². The molecule has 1 unspecified atom stereocenters. The van der Waals surface area contributed by atoms with E-state index in [4.69, 9.17) is 0 Å². The van der Waals surface area contributed by atoms with Crippen LogP contribution in [0.15, 0.2) is 18.5 Å². The molecule has 0 aliphatic carbocycles. The number of imide groups is 1. The largest absolute Gasteiger partial charge is 0.391 e. The quantitative estimate of drug-likeness (QED) is 0.809. The number of aromatic nitrogens is 1. The zero-order valence-electron chi connectivity index (χ0n) is 10.5. The third-order valence-electron chi connectivity index (χ3n) is 2.91. The van der Waals surface area contributed by atoms with E-state index in [9.17, 15) is 14.7 Å². The smallest absolute Gasteiger partial charge is 0.263 e. The van der Waals surface area contributed by atoms with Crippen molar-refractivity contribution in [1.29, 1.82) is 0 Å². The normalized spacial score (nSPS) is 16.3. The second kappa shape index (κ2) is 4.86. The molecule has 0 aromatic carbocycles. The molecule has 0 fully saturated rings. The highest BCUT2D eigenvalue weighted by Gasteiger charge is 2.36. The molecular weight excluding hydrogens is 232 g/mol. The monoisotopic (exact) mass is 248 g/mol. The van der Waals surface area contributed by atoms with Crippen LogP contribution in [0.4, 0.5) is 0 Å². The summed E-state index contributed by atoms with van der Waals surface area (Å²) in [7, 11) is 0. The van der Waals surface area contributed by atoms with Gasteiger partial charge in [0, 0.05) is 12.4 Å². The Morgan fingerprint density at radius 1 is 1.28 bits per heavy atom. The summed E-state index contributed by atoms with van der Waals surface area (Å²) in [5.41, 5.74) is 0.686. The Morgan fingerprint density at radius 2 is 1.94 bits per heavy atom. The lowest BCUT2D eigenvalue weighted by atomic mass is 10.1. The zero-order valence-corrected chi connectivity index (χ0v) is 10.5. The van der Waals surface area contributed by atoms with Crippen molar-refractivity contribution in [2.75, 3.05) is 6.54 Å². The molecule has 0 spiro atoms. The minimum atomic E-state index is -0.680. The van der Waals surface area contributed by atoms with Crippen molar-refractivity contribution in [3.63, 3.8) is 0 Å². The summed E-state index contributed by atoms with van der Waals surface area (Å²) in [4.78, 5) is 28.9. The number of aliphatic hydroxyl groups is 1. The number of pyridine rings is 1. The number of amides is 2. The van der Waals surface area contributed by atoms with Gasteiger partial charge < -0.3 is 5.11 Å². The molecule has 0 saturated carbocycles. The van der Waals surface area contributed by atoms with Crippen LogP contribution in [0.5, 0.6) is 0 Å². The Labute approximate surface area is 105 Å². The first-order valence-corrected chi connectivity index (χ1v) is 5.99. The van der Waals surface area contributed by atoms with E-state index < -0.39 is 6.10 Å². The number of rotatable bonds is 4. The molecule has 1 aliphatic rings. The first-order chi connectivity index (χ1) is 8.50. The highest BCUT2D eigenvalue weighted by Crippen LogP contribution is 2.22. The summed E-state index contributed by atoms with van der Waals surface area (Å²) in [6.45, 7) is 4.01. The number of nitrogens with zero attached hydrogens (tertiary/aromatic N) is 2. The minimum Gasteiger partial charge on any atom is -0.391 e. The number of aliphatic hydroxyl groups excluding tert-OH is 1. The van der Waals surface area contributed by atoms with Gasteiger partial charge in [-0.05, 0) is 18.4 Å². The molecule has 1 aliphatic heterocycles. The average molecular weight is 248 g/mol. The van der Waals surface area contributed by atoms with Crippen LogP contribution in [0, 0.1) is 5.92 Å². The average Bonchev–Trinajstić information content (AvgIpc) is 2.54. The number of β-amino-alcohol motifs (C(OH)–C–C–N with tert-alkyl or cyclic N) is 1. The molecule has 0 bridgehead atoms. The van der Waals surface area contributed by atoms with Crippen LogP contribution >= 0.6 is 0 Å². The van der Waals surface area contributed by atoms with Gasteiger partial charge in [0.05, 0.1) is 23.8 Å². The molecule has 1 aromatic rings. The molecule has 5 nitrogen and oxygen atoms in total. The van der Waals surface area contributed by atoms with Crippen molar-refractivity contribution in [2.45, 2.75) is 26.4 Å². The van der Waals surface area contributed by atoms with Gasteiger partial charge in [-0.3, -0.25) is 19.5 Å². The molecule has 1 atom stereocenters. The number of fused-ring (bicyclic) bond motifs is 1. The molecule has 1 N–H and O–H groups in total. The number of carbonyl (C=O) groups is 2. The molecule has 2 amide bonds. The van der Waals surface area contributed by atoms with Gasteiger partial charge in [-0.2, -0.15) is 0 Å². The molecule has 18 heavy (non-hydrogen) atoms. The van der Waals surface area contributed by atoms with Crippen molar-refractivity contribution in [1.82, 2.24) is 9.88 Å². The lowest BCUT2D eigenvalue weighted by molar-refractivity contribution is 0.0515. The first-order valence-electron chi connectivity index (χ1n) is 5.99. The maximum absolute atomic E-state index is 12.0. The van der Waals surface area contributed by atoms with Gasteiger partial charge in [-0.15, -0.1) is 0 Å². The third kappa shape index (κ3) is 2.26. The van der Waals surface area contributed by atoms with Gasteiger partial charge in [0.15, 0.2) is 0 Å². The van der Waals surface area contributed by atoms with Crippen molar-refractivity contribution in [2.24, 2.45) is 5.92 Å². The van der Waals surface area contributed by atoms with Crippen LogP contribution in [0.1, 0.15) is 41.0 Å². The van der Waals surface area contributed by atoms with Crippen molar-refractivity contribution in [3.05, 3.63) is 29.6 Å². The van der Waals surface area contributed by atoms with Gasteiger partial charge >= 0.3 is 0 Å². The second-order valence-corrected chi connectivity index (χ2v) is 4.93. The Hall–Kier alpha value is -1.75. The second-order valence-electron chi connectivity index (χ2n) is 4.93. The summed E-state index contributed by atoms with van der Waals surface area (Å²) in [5.74, 6) is -0.400. The van der Waals surface area contributed by atoms with Crippen molar-refractivity contribution in [3.8, 4) is 0 Å². The van der Waals surface area contributed by atoms with Crippen molar-refractivity contribution >= 4 is 11.8 Å². The standard InChI is InChI=1S/C13H16N2O3/c1-8(2)5-9(16)7-15-12(17)10-3-4-14-6-11(10)13(15)18/h3-4,6,8-9,16H,5,7H2,1-2H3. The molecule has 2 heterocycles. The maximum atomic E-state index is 12.0. The fraction of sp³-hybridized carbons (Fsp3) is 0.462. The summed E-state index contributed by atoms with van der Waals surface area (Å²) >= 11 is 0. The number of hydrogen-bond acceptors (Lipinski definition) is 4. The fourth-order valence-electron chi connectivity index (χ4n) is 2.13. The topological polar surface area (TPSA) is 70.5 Å². The Bertz CT molecular complexity index is 450. The third-order valence-corrected chi connectivity index (χ3v) is 2.91. The Balaban J connectivity index is 2.14. The molecule has 2 rings (SSSR count). The van der Waals surface area contributed by atoms with Crippen molar-refractivity contribution < 1.29 is 14.7 Å². The van der Waals surface area contributed by atoms with Crippen LogP contribution < -0.4 is 0 Å². The Kier molecular flexibility index (Phi) is 3.43. The SMILES string of the molecule is CC(C)CC(O)CN1C(=O)c2ccncc2C1=O. The van der Waals surface area contributed by atoms with Crippen LogP contribution in [0.3, 0.4) is 0 Å². The summed E-state index contributed by atoms with van der Waals surface area (Å²) < 4.78 is 0. The summed E-state index contributed by atoms with van der Waals surface area (Å²) in [5, 5.41) is 9.83. The predicted molar refractivity (Wildman–Crippen MR) is 65.1 cm³/mol. The molecule has 96 valence electrons. The van der Waals surface area contributed by atoms with Crippen LogP contribution in [0.25, 0.3) is 0 Å². The van der Waals surface area contributed by atoms with Crippen LogP contribution in [-0.2, 0) is 0 Å². The maximum Gasteiger partial charge on any atom is 0.263 e. The Morgan fingerprint density at radius 3 is 2.56 bits per heavy atom. The van der Waals surface area contributed by atoms with Gasteiger partial charge in [0.2, 0.25) is 0 Å². The number of hydrogen-bond donors (Lipinski definition) is 1. The van der Waals surface area contributed by atoms with E-state index in [0.717, 1.165) is 4.90 Å². The molecule has 0 radical (unpaired) electrons. The van der Waals surface area contributed by atoms with Gasteiger partial charge in [-0.25, -0.2) is 0 Å². The molecule has 5 heteroatoms. The first kappa shape index (κ1) is 12.7. The van der Waals surface area contributed by atoms with Crippen LogP contribution in [0.2, 0.25) is 0 Å². The van der Waals surface area contributed by atoms with Crippen LogP contribution in [-0.4, -0.2) is 39.5 Å². The number of carbonyl (C=O) groups excluding carboxylic acids is 2. The van der Waals surface area contributed by atoms with E-state index in [1.165, 1.54) is 18.5 Å². The molecule has 1 aromatic heterocycles. The van der Waals surface area contributed by atoms with E-state index >= 15 is 0 Å². The lowest BCUT2D eigenvalue weighted by Crippen LogP contribution is -2.37. The zero-order chi connectivity index (χ0) is 13.3. The lowest BCUT2D eigenvalue weighted by Gasteiger charge is -2.19. The van der Waals surface area contributed by atoms with E-state index in [0.29, 0.717) is 23.5 Å². The molecular formula is C13H16N2O3. The minimum absolute atomic E-state index is 0.0462. The predicted octanol–water partition coefficient (Wildman–Crippen LogP) is 1.08. The summed E-state index contributed by atoms with van der Waals surface area (Å²) in [6.07, 6.45) is 2.76. The van der Waals surface area contributed by atoms with Gasteiger partial charge in [0.1, 0.15) is 0 Å². The van der Waals surface area contributed by atoms with E-state index in [1.807, 2.05) is 13.8 Å². The van der Waals surface area contributed by atoms with Gasteiger partial charge in [-0.1, -0.05) is 13.8 Å².